The largest absolute Gasteiger partial charge is 0.410 e. The fraction of sp³-hybridized carbons (Fsp3) is 0.667. The highest BCUT2D eigenvalue weighted by atomic mass is 16.5. The van der Waals surface area contributed by atoms with Gasteiger partial charge in [0.25, 0.3) is 0 Å². The third kappa shape index (κ3) is 1.38. The smallest absolute Gasteiger partial charge is 0.163 e. The molecule has 74 valence electrons. The van der Waals surface area contributed by atoms with Crippen molar-refractivity contribution in [3.63, 3.8) is 0 Å². The summed E-state index contributed by atoms with van der Waals surface area (Å²) in [7, 11) is 0. The number of aliphatic imine (C=N–C) groups is 1. The molecule has 1 saturated heterocycles. The number of hydrogen-bond acceptors (Lipinski definition) is 5. The maximum absolute atomic E-state index is 8.69. The van der Waals surface area contributed by atoms with Crippen LogP contribution in [0.2, 0.25) is 0 Å². The summed E-state index contributed by atoms with van der Waals surface area (Å²) in [6.45, 7) is 0.733. The van der Waals surface area contributed by atoms with E-state index in [4.69, 9.17) is 15.2 Å². The van der Waals surface area contributed by atoms with Crippen LogP contribution < -0.4 is 0 Å². The summed E-state index contributed by atoms with van der Waals surface area (Å²) in [5, 5.41) is 20.4. The zero-order valence-corrected chi connectivity index (χ0v) is 7.68. The molecular formula is C9H11N3O2. The Balaban J connectivity index is 2.07. The molecule has 0 amide bonds. The molecular weight excluding hydrogens is 182 g/mol. The fourth-order valence-electron chi connectivity index (χ4n) is 1.81. The zero-order valence-electron chi connectivity index (χ0n) is 7.68. The van der Waals surface area contributed by atoms with Crippen LogP contribution in [0.25, 0.3) is 0 Å². The lowest BCUT2D eigenvalue weighted by Gasteiger charge is -2.32. The van der Waals surface area contributed by atoms with Crippen molar-refractivity contribution in [1.29, 1.82) is 5.26 Å². The quantitative estimate of drug-likeness (QED) is 0.492. The van der Waals surface area contributed by atoms with Crippen molar-refractivity contribution in [2.45, 2.75) is 31.4 Å². The summed E-state index contributed by atoms with van der Waals surface area (Å²) >= 11 is 0. The molecule has 0 aromatic carbocycles. The molecule has 1 fully saturated rings. The van der Waals surface area contributed by atoms with Crippen molar-refractivity contribution in [1.82, 2.24) is 0 Å². The zero-order chi connectivity index (χ0) is 9.97. The lowest BCUT2D eigenvalue weighted by atomic mass is 9.92. The molecule has 2 unspecified atom stereocenters. The van der Waals surface area contributed by atoms with Crippen molar-refractivity contribution >= 4 is 11.4 Å². The van der Waals surface area contributed by atoms with E-state index < -0.39 is 0 Å². The van der Waals surface area contributed by atoms with Crippen molar-refractivity contribution in [2.75, 3.05) is 6.61 Å². The first kappa shape index (κ1) is 9.16. The van der Waals surface area contributed by atoms with Gasteiger partial charge in [-0.25, -0.2) is 0 Å². The van der Waals surface area contributed by atoms with E-state index in [2.05, 4.69) is 10.1 Å². The summed E-state index contributed by atoms with van der Waals surface area (Å²) in [5.74, 6) is 0. The Bertz CT molecular complexity index is 323. The van der Waals surface area contributed by atoms with Gasteiger partial charge in [-0.15, -0.1) is 0 Å². The van der Waals surface area contributed by atoms with E-state index in [1.165, 1.54) is 0 Å². The van der Waals surface area contributed by atoms with Gasteiger partial charge < -0.3 is 9.94 Å². The van der Waals surface area contributed by atoms with E-state index in [1.54, 1.807) is 0 Å². The van der Waals surface area contributed by atoms with Gasteiger partial charge >= 0.3 is 0 Å². The summed E-state index contributed by atoms with van der Waals surface area (Å²) in [5.41, 5.74) is 0.603. The average Bonchev–Trinajstić information content (AvgIpc) is 2.19. The lowest BCUT2D eigenvalue weighted by molar-refractivity contribution is 0.0115. The second-order valence-corrected chi connectivity index (χ2v) is 3.42. The highest BCUT2D eigenvalue weighted by molar-refractivity contribution is 6.54. The molecule has 2 rings (SSSR count). The van der Waals surface area contributed by atoms with E-state index in [0.29, 0.717) is 5.71 Å². The summed E-state index contributed by atoms with van der Waals surface area (Å²) < 4.78 is 5.50. The molecule has 2 atom stereocenters. The van der Waals surface area contributed by atoms with Crippen LogP contribution in [-0.4, -0.2) is 35.4 Å². The van der Waals surface area contributed by atoms with Crippen LogP contribution in [0.15, 0.2) is 10.1 Å². The van der Waals surface area contributed by atoms with Gasteiger partial charge in [0.1, 0.15) is 17.8 Å². The highest BCUT2D eigenvalue weighted by Crippen LogP contribution is 2.23. The number of ether oxygens (including phenoxy) is 1. The van der Waals surface area contributed by atoms with Gasteiger partial charge in [0.15, 0.2) is 5.71 Å². The Morgan fingerprint density at radius 3 is 3.00 bits per heavy atom. The van der Waals surface area contributed by atoms with Crippen LogP contribution in [0, 0.1) is 11.3 Å². The van der Waals surface area contributed by atoms with Crippen molar-refractivity contribution in [3.8, 4) is 6.07 Å². The first-order valence-corrected chi connectivity index (χ1v) is 4.68. The SMILES string of the molecule is N#CC1=NC(C2CCCCO2)C1=NO. The van der Waals surface area contributed by atoms with E-state index >= 15 is 0 Å². The van der Waals surface area contributed by atoms with Crippen LogP contribution >= 0.6 is 0 Å². The molecule has 2 aliphatic rings. The van der Waals surface area contributed by atoms with E-state index in [1.807, 2.05) is 6.07 Å². The number of nitrogens with zero attached hydrogens (tertiary/aromatic N) is 3. The maximum Gasteiger partial charge on any atom is 0.163 e. The van der Waals surface area contributed by atoms with Crippen LogP contribution in [0.5, 0.6) is 0 Å². The summed E-state index contributed by atoms with van der Waals surface area (Å²) in [4.78, 5) is 4.06. The number of oxime groups is 1. The van der Waals surface area contributed by atoms with Gasteiger partial charge in [0, 0.05) is 6.61 Å². The Morgan fingerprint density at radius 1 is 1.57 bits per heavy atom. The Hall–Kier alpha value is -1.41. The first-order chi connectivity index (χ1) is 6.86. The van der Waals surface area contributed by atoms with E-state index in [-0.39, 0.29) is 17.9 Å². The minimum absolute atomic E-state index is 0.00764. The fourth-order valence-corrected chi connectivity index (χ4v) is 1.81. The number of rotatable bonds is 1. The van der Waals surface area contributed by atoms with Gasteiger partial charge in [-0.2, -0.15) is 5.26 Å². The Kier molecular flexibility index (Phi) is 2.46. The third-order valence-corrected chi connectivity index (χ3v) is 2.57. The van der Waals surface area contributed by atoms with E-state index in [0.717, 1.165) is 25.9 Å². The molecule has 1 N–H and O–H groups in total. The molecule has 14 heavy (non-hydrogen) atoms. The van der Waals surface area contributed by atoms with Gasteiger partial charge in [-0.1, -0.05) is 5.16 Å². The minimum atomic E-state index is -0.227. The predicted molar refractivity (Wildman–Crippen MR) is 49.6 cm³/mol. The molecule has 5 heteroatoms. The van der Waals surface area contributed by atoms with Gasteiger partial charge in [0.2, 0.25) is 0 Å². The molecule has 5 nitrogen and oxygen atoms in total. The maximum atomic E-state index is 8.69. The molecule has 2 heterocycles. The molecule has 0 aliphatic carbocycles. The normalized spacial score (nSPS) is 34.5. The first-order valence-electron chi connectivity index (χ1n) is 4.68. The highest BCUT2D eigenvalue weighted by Gasteiger charge is 2.38. The Morgan fingerprint density at radius 2 is 2.43 bits per heavy atom. The number of nitriles is 1. The third-order valence-electron chi connectivity index (χ3n) is 2.57. The van der Waals surface area contributed by atoms with E-state index in [9.17, 15) is 0 Å². The van der Waals surface area contributed by atoms with Crippen LogP contribution in [0.3, 0.4) is 0 Å². The lowest BCUT2D eigenvalue weighted by Crippen LogP contribution is -2.47. The van der Waals surface area contributed by atoms with Crippen LogP contribution in [-0.2, 0) is 4.74 Å². The van der Waals surface area contributed by atoms with Crippen molar-refractivity contribution in [3.05, 3.63) is 0 Å². The summed E-state index contributed by atoms with van der Waals surface area (Å²) in [6, 6.07) is 1.65. The van der Waals surface area contributed by atoms with Gasteiger partial charge in [-0.05, 0) is 19.3 Å². The number of hydrogen-bond donors (Lipinski definition) is 1. The molecule has 0 radical (unpaired) electrons. The predicted octanol–water partition coefficient (Wildman–Crippen LogP) is 0.732. The molecule has 0 bridgehead atoms. The molecule has 0 spiro atoms. The molecule has 0 aromatic rings. The average molecular weight is 193 g/mol. The van der Waals surface area contributed by atoms with Crippen molar-refractivity contribution < 1.29 is 9.94 Å². The second kappa shape index (κ2) is 3.76. The standard InChI is InChI=1S/C9H11N3O2/c10-5-6-8(12-13)9(11-6)7-3-1-2-4-14-7/h7,9,13H,1-4H2. The topological polar surface area (TPSA) is 78.0 Å². The molecule has 0 aromatic heterocycles. The minimum Gasteiger partial charge on any atom is -0.410 e. The Labute approximate surface area is 81.7 Å². The van der Waals surface area contributed by atoms with Crippen molar-refractivity contribution in [2.24, 2.45) is 10.1 Å². The molecule has 0 saturated carbocycles. The summed E-state index contributed by atoms with van der Waals surface area (Å²) in [6.07, 6.45) is 3.10. The van der Waals surface area contributed by atoms with Gasteiger partial charge in [-0.3, -0.25) is 4.99 Å². The van der Waals surface area contributed by atoms with Crippen LogP contribution in [0.1, 0.15) is 19.3 Å². The monoisotopic (exact) mass is 193 g/mol. The van der Waals surface area contributed by atoms with Gasteiger partial charge in [0.05, 0.1) is 6.10 Å². The van der Waals surface area contributed by atoms with Crippen LogP contribution in [0.4, 0.5) is 0 Å². The molecule has 2 aliphatic heterocycles. The second-order valence-electron chi connectivity index (χ2n) is 3.42.